The fourth-order valence-corrected chi connectivity index (χ4v) is 3.62. The summed E-state index contributed by atoms with van der Waals surface area (Å²) in [5.41, 5.74) is 2.42. The Kier molecular flexibility index (Phi) is 6.85. The van der Waals surface area contributed by atoms with Crippen LogP contribution in [0.3, 0.4) is 0 Å². The molecule has 0 unspecified atom stereocenters. The van der Waals surface area contributed by atoms with Crippen molar-refractivity contribution >= 4 is 17.6 Å². The average molecular weight is 422 g/mol. The summed E-state index contributed by atoms with van der Waals surface area (Å²) >= 11 is 1.59. The van der Waals surface area contributed by atoms with Crippen molar-refractivity contribution in [2.45, 2.75) is 25.4 Å². The molecule has 154 valence electrons. The molecule has 3 rings (SSSR count). The molecule has 1 aliphatic rings. The van der Waals surface area contributed by atoms with Gasteiger partial charge in [0.2, 0.25) is 5.88 Å². The summed E-state index contributed by atoms with van der Waals surface area (Å²) in [6.07, 6.45) is -0.566. The predicted molar refractivity (Wildman–Crippen MR) is 106 cm³/mol. The molecule has 0 saturated carbocycles. The van der Waals surface area contributed by atoms with Crippen molar-refractivity contribution in [3.05, 3.63) is 46.8 Å². The number of aryl methyl sites for hydroxylation is 1. The van der Waals surface area contributed by atoms with E-state index in [9.17, 15) is 18.4 Å². The highest BCUT2D eigenvalue weighted by Gasteiger charge is 2.30. The monoisotopic (exact) mass is 422 g/mol. The molecule has 5 nitrogen and oxygen atoms in total. The first-order valence-electron chi connectivity index (χ1n) is 9.22. The van der Waals surface area contributed by atoms with Gasteiger partial charge >= 0.3 is 6.18 Å². The average Bonchev–Trinajstić information content (AvgIpc) is 2.92. The van der Waals surface area contributed by atoms with Gasteiger partial charge in [0, 0.05) is 25.3 Å². The van der Waals surface area contributed by atoms with Crippen LogP contribution in [0, 0.1) is 11.3 Å². The Hall–Kier alpha value is -2.47. The third-order valence-corrected chi connectivity index (χ3v) is 5.25. The highest BCUT2D eigenvalue weighted by molar-refractivity contribution is 7.98. The van der Waals surface area contributed by atoms with Gasteiger partial charge in [0.05, 0.1) is 0 Å². The number of hydrogen-bond acceptors (Lipinski definition) is 6. The van der Waals surface area contributed by atoms with Crippen LogP contribution < -0.4 is 9.64 Å². The molecule has 0 spiro atoms. The van der Waals surface area contributed by atoms with Gasteiger partial charge in [0.15, 0.2) is 18.0 Å². The molecular weight excluding hydrogens is 401 g/mol. The van der Waals surface area contributed by atoms with E-state index in [1.165, 1.54) is 11.1 Å². The Labute approximate surface area is 171 Å². The topological polar surface area (TPSA) is 62.0 Å². The number of thioether (sulfide) groups is 1. The van der Waals surface area contributed by atoms with Gasteiger partial charge in [-0.25, -0.2) is 4.98 Å². The number of aromatic nitrogens is 2. The SMILES string of the molecule is CSCCc1nc(OCC(F)(F)F)c(C#N)c(N2CCc3ccccc3CC2)n1. The van der Waals surface area contributed by atoms with Crippen molar-refractivity contribution in [2.24, 2.45) is 0 Å². The van der Waals surface area contributed by atoms with Gasteiger partial charge in [-0.3, -0.25) is 0 Å². The van der Waals surface area contributed by atoms with Crippen molar-refractivity contribution in [1.82, 2.24) is 9.97 Å². The van der Waals surface area contributed by atoms with Crippen LogP contribution in [0.5, 0.6) is 5.88 Å². The van der Waals surface area contributed by atoms with Crippen molar-refractivity contribution in [1.29, 1.82) is 5.26 Å². The van der Waals surface area contributed by atoms with Crippen LogP contribution in [0.1, 0.15) is 22.5 Å². The highest BCUT2D eigenvalue weighted by Crippen LogP contribution is 2.29. The number of halogens is 3. The summed E-state index contributed by atoms with van der Waals surface area (Å²) in [5, 5.41) is 9.65. The van der Waals surface area contributed by atoms with Gasteiger partial charge in [-0.05, 0) is 30.2 Å². The van der Waals surface area contributed by atoms with E-state index in [-0.39, 0.29) is 11.4 Å². The minimum absolute atomic E-state index is 0.0480. The molecule has 2 aromatic rings. The number of nitrogens with zero attached hydrogens (tertiary/aromatic N) is 4. The Balaban J connectivity index is 1.94. The van der Waals surface area contributed by atoms with Crippen LogP contribution >= 0.6 is 11.8 Å². The van der Waals surface area contributed by atoms with Crippen LogP contribution in [0.15, 0.2) is 24.3 Å². The number of fused-ring (bicyclic) bond motifs is 1. The quantitative estimate of drug-likeness (QED) is 0.706. The fraction of sp³-hybridized carbons (Fsp3) is 0.450. The zero-order valence-electron chi connectivity index (χ0n) is 16.0. The Morgan fingerprint density at radius 2 is 1.83 bits per heavy atom. The molecule has 0 fully saturated rings. The molecule has 1 aromatic heterocycles. The summed E-state index contributed by atoms with van der Waals surface area (Å²) in [6, 6.07) is 10.1. The second-order valence-corrected chi connectivity index (χ2v) is 7.64. The second-order valence-electron chi connectivity index (χ2n) is 6.66. The third-order valence-electron chi connectivity index (χ3n) is 4.64. The molecule has 9 heteroatoms. The molecule has 0 amide bonds. The molecule has 0 radical (unpaired) electrons. The molecule has 0 N–H and O–H groups in total. The molecule has 2 heterocycles. The highest BCUT2D eigenvalue weighted by atomic mass is 32.2. The molecule has 0 atom stereocenters. The summed E-state index contributed by atoms with van der Waals surface area (Å²) in [6.45, 7) is -0.266. The zero-order chi connectivity index (χ0) is 20.9. The number of rotatable bonds is 6. The van der Waals surface area contributed by atoms with Gasteiger partial charge in [0.25, 0.3) is 0 Å². The maximum atomic E-state index is 12.7. The smallest absolute Gasteiger partial charge is 0.422 e. The van der Waals surface area contributed by atoms with E-state index in [1.54, 1.807) is 11.8 Å². The maximum absolute atomic E-state index is 12.7. The first kappa shape index (κ1) is 21.2. The number of hydrogen-bond donors (Lipinski definition) is 0. The first-order chi connectivity index (χ1) is 13.9. The molecule has 0 saturated heterocycles. The van der Waals surface area contributed by atoms with Crippen LogP contribution in [-0.4, -0.2) is 47.8 Å². The predicted octanol–water partition coefficient (Wildman–Crippen LogP) is 3.80. The van der Waals surface area contributed by atoms with Gasteiger partial charge in [0.1, 0.15) is 11.9 Å². The first-order valence-corrected chi connectivity index (χ1v) is 10.6. The zero-order valence-corrected chi connectivity index (χ0v) is 16.8. The second kappa shape index (κ2) is 9.35. The molecular formula is C20H21F3N4OS. The summed E-state index contributed by atoms with van der Waals surface area (Å²) in [4.78, 5) is 10.6. The normalized spacial score (nSPS) is 14.1. The van der Waals surface area contributed by atoms with Crippen molar-refractivity contribution in [2.75, 3.05) is 36.6 Å². The minimum Gasteiger partial charge on any atom is -0.467 e. The molecule has 0 aliphatic carbocycles. The number of ether oxygens (including phenoxy) is 1. The van der Waals surface area contributed by atoms with Gasteiger partial charge in [-0.15, -0.1) is 0 Å². The Bertz CT molecular complexity index is 871. The van der Waals surface area contributed by atoms with Crippen LogP contribution in [0.2, 0.25) is 0 Å². The number of benzene rings is 1. The lowest BCUT2D eigenvalue weighted by molar-refractivity contribution is -0.154. The van der Waals surface area contributed by atoms with Gasteiger partial charge in [-0.1, -0.05) is 24.3 Å². The summed E-state index contributed by atoms with van der Waals surface area (Å²) in [5.74, 6) is 1.15. The number of anilines is 1. The summed E-state index contributed by atoms with van der Waals surface area (Å²) < 4.78 is 42.9. The maximum Gasteiger partial charge on any atom is 0.422 e. The third kappa shape index (κ3) is 5.54. The van der Waals surface area contributed by atoms with Crippen molar-refractivity contribution in [3.8, 4) is 11.9 Å². The molecule has 1 aliphatic heterocycles. The number of nitriles is 1. The minimum atomic E-state index is -4.51. The Morgan fingerprint density at radius 3 is 2.38 bits per heavy atom. The van der Waals surface area contributed by atoms with Crippen LogP contribution in [0.25, 0.3) is 0 Å². The van der Waals surface area contributed by atoms with E-state index in [0.717, 1.165) is 18.6 Å². The summed E-state index contributed by atoms with van der Waals surface area (Å²) in [7, 11) is 0. The van der Waals surface area contributed by atoms with E-state index < -0.39 is 12.8 Å². The lowest BCUT2D eigenvalue weighted by Gasteiger charge is -2.24. The van der Waals surface area contributed by atoms with E-state index in [4.69, 9.17) is 4.74 Å². The van der Waals surface area contributed by atoms with E-state index >= 15 is 0 Å². The lowest BCUT2D eigenvalue weighted by atomic mass is 10.0. The fourth-order valence-electron chi connectivity index (χ4n) is 3.24. The molecule has 0 bridgehead atoms. The van der Waals surface area contributed by atoms with Gasteiger partial charge in [-0.2, -0.15) is 35.2 Å². The van der Waals surface area contributed by atoms with Crippen LogP contribution in [0.4, 0.5) is 19.0 Å². The van der Waals surface area contributed by atoms with Gasteiger partial charge < -0.3 is 9.64 Å². The van der Waals surface area contributed by atoms with E-state index in [2.05, 4.69) is 22.1 Å². The van der Waals surface area contributed by atoms with Crippen LogP contribution in [-0.2, 0) is 19.3 Å². The molecule has 1 aromatic carbocycles. The van der Waals surface area contributed by atoms with E-state index in [1.807, 2.05) is 29.4 Å². The van der Waals surface area contributed by atoms with Crippen molar-refractivity contribution < 1.29 is 17.9 Å². The molecule has 29 heavy (non-hydrogen) atoms. The largest absolute Gasteiger partial charge is 0.467 e. The number of alkyl halides is 3. The Morgan fingerprint density at radius 1 is 1.17 bits per heavy atom. The van der Waals surface area contributed by atoms with Crippen molar-refractivity contribution in [3.63, 3.8) is 0 Å². The lowest BCUT2D eigenvalue weighted by Crippen LogP contribution is -2.29. The standard InChI is InChI=1S/C20H21F3N4OS/c1-29-11-8-17-25-18(16(12-24)19(26-17)28-13-20(21,22)23)27-9-6-14-4-2-3-5-15(14)7-10-27/h2-5H,6-11,13H2,1H3. The van der Waals surface area contributed by atoms with E-state index in [0.29, 0.717) is 31.2 Å².